The summed E-state index contributed by atoms with van der Waals surface area (Å²) < 4.78 is 13.5. The number of halogens is 1. The van der Waals surface area contributed by atoms with Crippen molar-refractivity contribution in [1.82, 2.24) is 10.2 Å². The molecule has 0 unspecified atom stereocenters. The zero-order chi connectivity index (χ0) is 14.5. The van der Waals surface area contributed by atoms with Gasteiger partial charge in [0.15, 0.2) is 0 Å². The van der Waals surface area contributed by atoms with Crippen molar-refractivity contribution in [3.63, 3.8) is 0 Å². The third-order valence-electron chi connectivity index (χ3n) is 3.74. The minimum atomic E-state index is -0.298. The van der Waals surface area contributed by atoms with Crippen LogP contribution in [0.25, 0.3) is 0 Å². The lowest BCUT2D eigenvalue weighted by atomic mass is 9.93. The van der Waals surface area contributed by atoms with E-state index in [1.807, 2.05) is 0 Å². The van der Waals surface area contributed by atoms with E-state index in [1.54, 1.807) is 25.2 Å². The maximum Gasteiger partial charge on any atom is 0.317 e. The smallest absolute Gasteiger partial charge is 0.317 e. The molecule has 1 fully saturated rings. The Morgan fingerprint density at radius 2 is 2.00 bits per heavy atom. The largest absolute Gasteiger partial charge is 0.393 e. The number of rotatable bonds is 3. The SMILES string of the molecule is CN(Cc1ccccc1F)C(=O)NC1CCC(O)CC1. The molecule has 0 atom stereocenters. The van der Waals surface area contributed by atoms with E-state index in [0.717, 1.165) is 25.7 Å². The summed E-state index contributed by atoms with van der Waals surface area (Å²) >= 11 is 0. The Labute approximate surface area is 118 Å². The number of amides is 2. The summed E-state index contributed by atoms with van der Waals surface area (Å²) in [6.45, 7) is 0.244. The van der Waals surface area contributed by atoms with Gasteiger partial charge in [0.25, 0.3) is 0 Å². The van der Waals surface area contributed by atoms with Crippen molar-refractivity contribution in [3.05, 3.63) is 35.6 Å². The topological polar surface area (TPSA) is 52.6 Å². The third-order valence-corrected chi connectivity index (χ3v) is 3.74. The maximum absolute atomic E-state index is 13.5. The lowest BCUT2D eigenvalue weighted by Crippen LogP contribution is -2.44. The van der Waals surface area contributed by atoms with Gasteiger partial charge in [0.2, 0.25) is 0 Å². The van der Waals surface area contributed by atoms with Gasteiger partial charge >= 0.3 is 6.03 Å². The number of aliphatic hydroxyl groups is 1. The Hall–Kier alpha value is -1.62. The van der Waals surface area contributed by atoms with Gasteiger partial charge in [-0.15, -0.1) is 0 Å². The molecule has 1 aliphatic rings. The molecule has 0 bridgehead atoms. The summed E-state index contributed by atoms with van der Waals surface area (Å²) in [4.78, 5) is 13.5. The van der Waals surface area contributed by atoms with Crippen molar-refractivity contribution >= 4 is 6.03 Å². The van der Waals surface area contributed by atoms with Crippen molar-refractivity contribution in [2.24, 2.45) is 0 Å². The van der Waals surface area contributed by atoms with Crippen LogP contribution in [0.1, 0.15) is 31.2 Å². The van der Waals surface area contributed by atoms with E-state index in [4.69, 9.17) is 0 Å². The van der Waals surface area contributed by atoms with Gasteiger partial charge in [-0.3, -0.25) is 0 Å². The standard InChI is InChI=1S/C15H21FN2O2/c1-18(10-11-4-2-3-5-14(11)16)15(20)17-12-6-8-13(19)9-7-12/h2-5,12-13,19H,6-10H2,1H3,(H,17,20). The fraction of sp³-hybridized carbons (Fsp3) is 0.533. The minimum absolute atomic E-state index is 0.106. The lowest BCUT2D eigenvalue weighted by Gasteiger charge is -2.28. The predicted octanol–water partition coefficient (Wildman–Crippen LogP) is 2.27. The lowest BCUT2D eigenvalue weighted by molar-refractivity contribution is 0.115. The molecular formula is C15H21FN2O2. The number of carbonyl (C=O) groups is 1. The van der Waals surface area contributed by atoms with E-state index >= 15 is 0 Å². The number of urea groups is 1. The van der Waals surface area contributed by atoms with E-state index in [9.17, 15) is 14.3 Å². The Kier molecular flexibility index (Phi) is 4.95. The van der Waals surface area contributed by atoms with Crippen LogP contribution in [0.4, 0.5) is 9.18 Å². The van der Waals surface area contributed by atoms with E-state index in [0.29, 0.717) is 5.56 Å². The number of aliphatic hydroxyl groups excluding tert-OH is 1. The molecule has 1 saturated carbocycles. The molecule has 4 nitrogen and oxygen atoms in total. The van der Waals surface area contributed by atoms with Crippen molar-refractivity contribution in [3.8, 4) is 0 Å². The number of nitrogens with zero attached hydrogens (tertiary/aromatic N) is 1. The first-order chi connectivity index (χ1) is 9.56. The van der Waals surface area contributed by atoms with Crippen LogP contribution in [-0.4, -0.2) is 35.2 Å². The second kappa shape index (κ2) is 6.70. The third kappa shape index (κ3) is 3.93. The second-order valence-electron chi connectivity index (χ2n) is 5.40. The average Bonchev–Trinajstić information content (AvgIpc) is 2.44. The molecule has 5 heteroatoms. The normalized spacial score (nSPS) is 22.4. The predicted molar refractivity (Wildman–Crippen MR) is 74.7 cm³/mol. The van der Waals surface area contributed by atoms with Crippen LogP contribution in [0.5, 0.6) is 0 Å². The van der Waals surface area contributed by atoms with E-state index < -0.39 is 0 Å². The van der Waals surface area contributed by atoms with Gasteiger partial charge in [-0.05, 0) is 31.7 Å². The summed E-state index contributed by atoms with van der Waals surface area (Å²) in [5, 5.41) is 12.4. The maximum atomic E-state index is 13.5. The minimum Gasteiger partial charge on any atom is -0.393 e. The summed E-state index contributed by atoms with van der Waals surface area (Å²) in [7, 11) is 1.65. The fourth-order valence-electron chi connectivity index (χ4n) is 2.46. The molecule has 2 amide bonds. The second-order valence-corrected chi connectivity index (χ2v) is 5.40. The van der Waals surface area contributed by atoms with Crippen LogP contribution in [-0.2, 0) is 6.54 Å². The number of benzene rings is 1. The Bertz CT molecular complexity index is 459. The monoisotopic (exact) mass is 280 g/mol. The van der Waals surface area contributed by atoms with Gasteiger partial charge < -0.3 is 15.3 Å². The highest BCUT2D eigenvalue weighted by atomic mass is 19.1. The first-order valence-corrected chi connectivity index (χ1v) is 6.99. The first kappa shape index (κ1) is 14.8. The van der Waals surface area contributed by atoms with Crippen molar-refractivity contribution in [2.75, 3.05) is 7.05 Å². The fourth-order valence-corrected chi connectivity index (χ4v) is 2.46. The molecule has 20 heavy (non-hydrogen) atoms. The molecule has 0 heterocycles. The van der Waals surface area contributed by atoms with Gasteiger partial charge in [0, 0.05) is 25.2 Å². The highest BCUT2D eigenvalue weighted by molar-refractivity contribution is 5.74. The molecular weight excluding hydrogens is 259 g/mol. The summed E-state index contributed by atoms with van der Waals surface area (Å²) in [5.41, 5.74) is 0.504. The molecule has 0 aliphatic heterocycles. The molecule has 0 aromatic heterocycles. The van der Waals surface area contributed by atoms with Gasteiger partial charge in [0.1, 0.15) is 5.82 Å². The summed E-state index contributed by atoms with van der Waals surface area (Å²) in [6, 6.07) is 6.36. The van der Waals surface area contributed by atoms with Crippen molar-refractivity contribution in [1.29, 1.82) is 0 Å². The van der Waals surface area contributed by atoms with Gasteiger partial charge in [-0.25, -0.2) is 9.18 Å². The zero-order valence-electron chi connectivity index (χ0n) is 11.7. The van der Waals surface area contributed by atoms with E-state index in [2.05, 4.69) is 5.32 Å². The highest BCUT2D eigenvalue weighted by Crippen LogP contribution is 2.18. The molecule has 0 spiro atoms. The Balaban J connectivity index is 1.84. The highest BCUT2D eigenvalue weighted by Gasteiger charge is 2.22. The summed E-state index contributed by atoms with van der Waals surface area (Å²) in [5.74, 6) is -0.298. The number of carbonyl (C=O) groups excluding carboxylic acids is 1. The molecule has 1 aromatic rings. The molecule has 1 aliphatic carbocycles. The van der Waals surface area contributed by atoms with Gasteiger partial charge in [0.05, 0.1) is 6.10 Å². The zero-order valence-corrected chi connectivity index (χ0v) is 11.7. The van der Waals surface area contributed by atoms with Gasteiger partial charge in [-0.1, -0.05) is 18.2 Å². The number of nitrogens with one attached hydrogen (secondary N) is 1. The average molecular weight is 280 g/mol. The van der Waals surface area contributed by atoms with Crippen LogP contribution in [0, 0.1) is 5.82 Å². The van der Waals surface area contributed by atoms with E-state index in [-0.39, 0.29) is 30.5 Å². The first-order valence-electron chi connectivity index (χ1n) is 6.99. The molecule has 0 radical (unpaired) electrons. The number of hydrogen-bond donors (Lipinski definition) is 2. The molecule has 0 saturated heterocycles. The van der Waals surface area contributed by atoms with Crippen molar-refractivity contribution in [2.45, 2.75) is 44.4 Å². The Morgan fingerprint density at radius 3 is 2.65 bits per heavy atom. The molecule has 2 rings (SSSR count). The van der Waals surface area contributed by atoms with Crippen LogP contribution in [0.2, 0.25) is 0 Å². The van der Waals surface area contributed by atoms with Crippen LogP contribution in [0.15, 0.2) is 24.3 Å². The van der Waals surface area contributed by atoms with Crippen molar-refractivity contribution < 1.29 is 14.3 Å². The Morgan fingerprint density at radius 1 is 1.35 bits per heavy atom. The van der Waals surface area contributed by atoms with Crippen LogP contribution >= 0.6 is 0 Å². The molecule has 1 aromatic carbocycles. The molecule has 110 valence electrons. The van der Waals surface area contributed by atoms with Crippen LogP contribution < -0.4 is 5.32 Å². The number of hydrogen-bond acceptors (Lipinski definition) is 2. The molecule has 2 N–H and O–H groups in total. The van der Waals surface area contributed by atoms with E-state index in [1.165, 1.54) is 11.0 Å². The quantitative estimate of drug-likeness (QED) is 0.892. The van der Waals surface area contributed by atoms with Gasteiger partial charge in [-0.2, -0.15) is 0 Å². The van der Waals surface area contributed by atoms with Crippen LogP contribution in [0.3, 0.4) is 0 Å². The summed E-state index contributed by atoms with van der Waals surface area (Å²) in [6.07, 6.45) is 2.80.